The zero-order valence-corrected chi connectivity index (χ0v) is 30.2. The van der Waals surface area contributed by atoms with Gasteiger partial charge < -0.3 is 29.8 Å². The zero-order valence-electron chi connectivity index (χ0n) is 30.2. The van der Waals surface area contributed by atoms with E-state index in [2.05, 4.69) is 62.6 Å². The summed E-state index contributed by atoms with van der Waals surface area (Å²) in [5.41, 5.74) is 2.56. The van der Waals surface area contributed by atoms with Gasteiger partial charge in [0, 0.05) is 29.3 Å². The quantitative estimate of drug-likeness (QED) is 0.178. The lowest BCUT2D eigenvalue weighted by molar-refractivity contribution is -0.199. The number of amides is 3. The van der Waals surface area contributed by atoms with Gasteiger partial charge in [-0.2, -0.15) is 0 Å². The monoisotopic (exact) mass is 682 g/mol. The lowest BCUT2D eigenvalue weighted by atomic mass is 9.43. The van der Waals surface area contributed by atoms with E-state index in [-0.39, 0.29) is 29.9 Å². The second kappa shape index (κ2) is 14.7. The molecule has 2 aromatic carbocycles. The summed E-state index contributed by atoms with van der Waals surface area (Å²) in [5.74, 6) is 0.200. The largest absolute Gasteiger partial charge is 0.481 e. The Hall–Kier alpha value is -3.96. The summed E-state index contributed by atoms with van der Waals surface area (Å²) in [7, 11) is -0.615. The standard InChI is InChI=1S/C39H51BN4O6/c1-7-8-9-25-10-12-28(13-11-25)36(46)43-30(23-41-35(45)27-16-14-26(15-17-27)31-18-19-42-49-31)37(47)44-34(20-24(2)3)40-48-33-22-29-21-32(38(29,4)5)39(33,6)50-40/h10-19,24,29-30,32-34H,7-9,20-23H2,1-6H3,(H,41,45)(H,43,46)(H,44,47)/t29-,30+,32-,33-,34+,39+/m1/s1. The van der Waals surface area contributed by atoms with Crippen LogP contribution in [0.3, 0.4) is 0 Å². The van der Waals surface area contributed by atoms with Crippen molar-refractivity contribution < 1.29 is 28.2 Å². The Labute approximate surface area is 296 Å². The molecule has 1 aromatic heterocycles. The molecule has 50 heavy (non-hydrogen) atoms. The van der Waals surface area contributed by atoms with Crippen molar-refractivity contribution in [1.82, 2.24) is 21.1 Å². The number of benzene rings is 2. The predicted molar refractivity (Wildman–Crippen MR) is 192 cm³/mol. The fraction of sp³-hybridized carbons (Fsp3) is 0.538. The van der Waals surface area contributed by atoms with Crippen LogP contribution < -0.4 is 16.0 Å². The first-order chi connectivity index (χ1) is 23.9. The normalized spacial score (nSPS) is 24.5. The summed E-state index contributed by atoms with van der Waals surface area (Å²) in [6, 6.07) is 15.0. The van der Waals surface area contributed by atoms with Crippen LogP contribution in [-0.2, 0) is 20.5 Å². The lowest BCUT2D eigenvalue weighted by Gasteiger charge is -2.64. The Morgan fingerprint density at radius 2 is 1.64 bits per heavy atom. The van der Waals surface area contributed by atoms with Crippen molar-refractivity contribution in [3.63, 3.8) is 0 Å². The van der Waals surface area contributed by atoms with Gasteiger partial charge in [-0.1, -0.05) is 70.5 Å². The third-order valence-electron chi connectivity index (χ3n) is 11.3. The molecule has 3 amide bonds. The summed E-state index contributed by atoms with van der Waals surface area (Å²) < 4.78 is 18.6. The molecular weight excluding hydrogens is 631 g/mol. The van der Waals surface area contributed by atoms with Crippen molar-refractivity contribution >= 4 is 24.8 Å². The van der Waals surface area contributed by atoms with Crippen molar-refractivity contribution in [1.29, 1.82) is 0 Å². The van der Waals surface area contributed by atoms with Gasteiger partial charge in [-0.25, -0.2) is 0 Å². The number of aryl methyl sites for hydroxylation is 1. The van der Waals surface area contributed by atoms with Crippen LogP contribution in [-0.4, -0.2) is 60.2 Å². The summed E-state index contributed by atoms with van der Waals surface area (Å²) in [6.07, 6.45) is 7.33. The minimum atomic E-state index is -1.06. The van der Waals surface area contributed by atoms with Crippen molar-refractivity contribution in [3.8, 4) is 11.3 Å². The molecular formula is C39H51BN4O6. The Kier molecular flexibility index (Phi) is 10.6. The number of hydrogen-bond donors (Lipinski definition) is 3. The molecule has 4 aliphatic rings. The van der Waals surface area contributed by atoms with Crippen LogP contribution in [0.5, 0.6) is 0 Å². The van der Waals surface area contributed by atoms with Gasteiger partial charge in [0.05, 0.1) is 23.8 Å². The summed E-state index contributed by atoms with van der Waals surface area (Å²) in [6.45, 7) is 13.0. The summed E-state index contributed by atoms with van der Waals surface area (Å²) in [5, 5.41) is 12.7. The summed E-state index contributed by atoms with van der Waals surface area (Å²) in [4.78, 5) is 40.9. The van der Waals surface area contributed by atoms with Crippen molar-refractivity contribution in [3.05, 3.63) is 77.5 Å². The number of rotatable bonds is 14. The number of aromatic nitrogens is 1. The second-order valence-electron chi connectivity index (χ2n) is 15.6. The Morgan fingerprint density at radius 3 is 2.28 bits per heavy atom. The molecule has 4 fully saturated rings. The third kappa shape index (κ3) is 7.40. The third-order valence-corrected chi connectivity index (χ3v) is 11.3. The van der Waals surface area contributed by atoms with E-state index < -0.39 is 36.5 Å². The molecule has 0 unspecified atom stereocenters. The maximum absolute atomic E-state index is 14.1. The Balaban J connectivity index is 1.17. The molecule has 2 heterocycles. The highest BCUT2D eigenvalue weighted by Gasteiger charge is 2.68. The molecule has 3 aliphatic carbocycles. The van der Waals surface area contributed by atoms with E-state index in [1.54, 1.807) is 48.7 Å². The molecule has 10 nitrogen and oxygen atoms in total. The fourth-order valence-electron chi connectivity index (χ4n) is 8.20. The van der Waals surface area contributed by atoms with Crippen LogP contribution in [0.15, 0.2) is 65.3 Å². The van der Waals surface area contributed by atoms with Crippen molar-refractivity contribution in [2.45, 2.75) is 104 Å². The molecule has 7 rings (SSSR count). The zero-order chi connectivity index (χ0) is 35.6. The van der Waals surface area contributed by atoms with Gasteiger partial charge in [0.15, 0.2) is 5.76 Å². The molecule has 3 saturated carbocycles. The topological polar surface area (TPSA) is 132 Å². The average Bonchev–Trinajstić information content (AvgIpc) is 3.77. The maximum Gasteiger partial charge on any atom is 0.481 e. The van der Waals surface area contributed by atoms with Gasteiger partial charge in [0.1, 0.15) is 6.04 Å². The fourth-order valence-corrected chi connectivity index (χ4v) is 8.20. The summed E-state index contributed by atoms with van der Waals surface area (Å²) >= 11 is 0. The van der Waals surface area contributed by atoms with E-state index in [1.165, 1.54) is 0 Å². The number of carbonyl (C=O) groups is 3. The maximum atomic E-state index is 14.1. The predicted octanol–water partition coefficient (Wildman–Crippen LogP) is 6.01. The highest BCUT2D eigenvalue weighted by Crippen LogP contribution is 2.65. The minimum absolute atomic E-state index is 0.0265. The highest BCUT2D eigenvalue weighted by atomic mass is 16.7. The van der Waals surface area contributed by atoms with E-state index in [4.69, 9.17) is 13.8 Å². The second-order valence-corrected chi connectivity index (χ2v) is 15.6. The van der Waals surface area contributed by atoms with E-state index in [9.17, 15) is 14.4 Å². The molecule has 6 atom stereocenters. The Morgan fingerprint density at radius 1 is 0.940 bits per heavy atom. The lowest BCUT2D eigenvalue weighted by Crippen LogP contribution is -2.65. The SMILES string of the molecule is CCCCc1ccc(C(=O)N[C@@H](CNC(=O)c2ccc(-c3ccno3)cc2)C(=O)N[C@@H](CC(C)C)B2O[C@@H]3C[C@H]4C[C@H](C4(C)C)[C@]3(C)O2)cc1. The smallest absolute Gasteiger partial charge is 0.404 e. The molecule has 266 valence electrons. The van der Waals surface area contributed by atoms with E-state index in [0.29, 0.717) is 35.1 Å². The van der Waals surface area contributed by atoms with Gasteiger partial charge in [-0.3, -0.25) is 14.4 Å². The first-order valence-corrected chi connectivity index (χ1v) is 18.2. The van der Waals surface area contributed by atoms with Gasteiger partial charge in [-0.15, -0.1) is 0 Å². The van der Waals surface area contributed by atoms with E-state index in [1.807, 2.05) is 12.1 Å². The first-order valence-electron chi connectivity index (χ1n) is 18.2. The van der Waals surface area contributed by atoms with Gasteiger partial charge >= 0.3 is 7.12 Å². The van der Waals surface area contributed by atoms with Crippen LogP contribution in [0.25, 0.3) is 11.3 Å². The molecule has 1 saturated heterocycles. The molecule has 1 aliphatic heterocycles. The van der Waals surface area contributed by atoms with Gasteiger partial charge in [0.25, 0.3) is 11.8 Å². The van der Waals surface area contributed by atoms with Crippen molar-refractivity contribution in [2.75, 3.05) is 6.54 Å². The molecule has 3 N–H and O–H groups in total. The number of nitrogens with zero attached hydrogens (tertiary/aromatic N) is 1. The van der Waals surface area contributed by atoms with Crippen LogP contribution >= 0.6 is 0 Å². The molecule has 2 bridgehead atoms. The number of carbonyl (C=O) groups excluding carboxylic acids is 3. The highest BCUT2D eigenvalue weighted by molar-refractivity contribution is 6.48. The van der Waals surface area contributed by atoms with Crippen LogP contribution in [0.2, 0.25) is 0 Å². The van der Waals surface area contributed by atoms with E-state index >= 15 is 0 Å². The number of unbranched alkanes of at least 4 members (excludes halogenated alkanes) is 1. The molecule has 0 spiro atoms. The van der Waals surface area contributed by atoms with Gasteiger partial charge in [-0.05, 0) is 92.0 Å². The van der Waals surface area contributed by atoms with Crippen LogP contribution in [0.1, 0.15) is 99.9 Å². The minimum Gasteiger partial charge on any atom is -0.404 e. The first kappa shape index (κ1) is 35.9. The van der Waals surface area contributed by atoms with Crippen LogP contribution in [0, 0.1) is 23.2 Å². The van der Waals surface area contributed by atoms with Crippen molar-refractivity contribution in [2.24, 2.45) is 23.2 Å². The van der Waals surface area contributed by atoms with Crippen LogP contribution in [0.4, 0.5) is 0 Å². The number of hydrogen-bond acceptors (Lipinski definition) is 7. The Bertz CT molecular complexity index is 1640. The van der Waals surface area contributed by atoms with E-state index in [0.717, 1.165) is 43.2 Å². The molecule has 3 aromatic rings. The average molecular weight is 683 g/mol. The number of nitrogens with one attached hydrogen (secondary N) is 3. The van der Waals surface area contributed by atoms with Gasteiger partial charge in [0.2, 0.25) is 5.91 Å². The molecule has 0 radical (unpaired) electrons. The molecule has 11 heteroatoms.